The molecule has 18 heavy (non-hydrogen) atoms. The van der Waals surface area contributed by atoms with Crippen LogP contribution in [0.25, 0.3) is 0 Å². The van der Waals surface area contributed by atoms with Gasteiger partial charge in [-0.2, -0.15) is 0 Å². The van der Waals surface area contributed by atoms with Gasteiger partial charge in [-0.3, -0.25) is 24.3 Å². The van der Waals surface area contributed by atoms with Crippen molar-refractivity contribution in [2.75, 3.05) is 6.54 Å². The van der Waals surface area contributed by atoms with Crippen LogP contribution in [0.5, 0.6) is 0 Å². The Balaban J connectivity index is 1.90. The van der Waals surface area contributed by atoms with Crippen molar-refractivity contribution in [1.82, 2.24) is 15.2 Å². The predicted octanol–water partition coefficient (Wildman–Crippen LogP) is -0.0438. The third kappa shape index (κ3) is 1.49. The maximum absolute atomic E-state index is 12.2. The van der Waals surface area contributed by atoms with Crippen LogP contribution in [0, 0.1) is 0 Å². The van der Waals surface area contributed by atoms with Crippen LogP contribution in [0.4, 0.5) is 0 Å². The summed E-state index contributed by atoms with van der Waals surface area (Å²) in [7, 11) is 0. The molecule has 6 nitrogen and oxygen atoms in total. The maximum atomic E-state index is 12.2. The van der Waals surface area contributed by atoms with E-state index in [4.69, 9.17) is 0 Å². The van der Waals surface area contributed by atoms with E-state index in [0.29, 0.717) is 30.5 Å². The molecule has 1 aromatic rings. The van der Waals surface area contributed by atoms with Gasteiger partial charge in [-0.25, -0.2) is 0 Å². The largest absolute Gasteiger partial charge is 0.354 e. The molecule has 2 aliphatic rings. The van der Waals surface area contributed by atoms with E-state index >= 15 is 0 Å². The van der Waals surface area contributed by atoms with Crippen LogP contribution in [0.15, 0.2) is 18.5 Å². The van der Waals surface area contributed by atoms with Gasteiger partial charge < -0.3 is 5.32 Å². The molecular formula is C12H11N3O3. The van der Waals surface area contributed by atoms with E-state index in [1.165, 1.54) is 17.3 Å². The number of amides is 3. The van der Waals surface area contributed by atoms with E-state index in [-0.39, 0.29) is 23.8 Å². The van der Waals surface area contributed by atoms with Gasteiger partial charge in [0, 0.05) is 25.4 Å². The highest BCUT2D eigenvalue weighted by Gasteiger charge is 2.40. The average Bonchev–Trinajstić information content (AvgIpc) is 2.64. The van der Waals surface area contributed by atoms with Gasteiger partial charge in [0.25, 0.3) is 11.8 Å². The molecule has 1 saturated heterocycles. The smallest absolute Gasteiger partial charge is 0.263 e. The van der Waals surface area contributed by atoms with E-state index in [9.17, 15) is 14.4 Å². The minimum absolute atomic E-state index is 0.0375. The van der Waals surface area contributed by atoms with Crippen molar-refractivity contribution >= 4 is 17.7 Å². The number of fused-ring (bicyclic) bond motifs is 1. The summed E-state index contributed by atoms with van der Waals surface area (Å²) in [6.07, 6.45) is 3.77. The van der Waals surface area contributed by atoms with E-state index in [1.54, 1.807) is 6.07 Å². The first-order valence-corrected chi connectivity index (χ1v) is 5.77. The quantitative estimate of drug-likeness (QED) is 0.704. The summed E-state index contributed by atoms with van der Waals surface area (Å²) < 4.78 is 0. The molecule has 0 spiro atoms. The first-order chi connectivity index (χ1) is 8.68. The highest BCUT2D eigenvalue weighted by molar-refractivity contribution is 6.21. The second kappa shape index (κ2) is 3.90. The van der Waals surface area contributed by atoms with Crippen LogP contribution in [0.2, 0.25) is 0 Å². The molecule has 1 unspecified atom stereocenters. The van der Waals surface area contributed by atoms with Crippen molar-refractivity contribution in [3.8, 4) is 0 Å². The molecule has 0 bridgehead atoms. The molecule has 92 valence electrons. The van der Waals surface area contributed by atoms with E-state index in [1.807, 2.05) is 0 Å². The second-order valence-corrected chi connectivity index (χ2v) is 4.40. The molecule has 1 atom stereocenters. The summed E-state index contributed by atoms with van der Waals surface area (Å²) in [4.78, 5) is 40.5. The van der Waals surface area contributed by atoms with Crippen LogP contribution >= 0.6 is 0 Å². The van der Waals surface area contributed by atoms with Gasteiger partial charge in [0.2, 0.25) is 5.91 Å². The number of carbonyl (C=O) groups excluding carboxylic acids is 3. The zero-order valence-corrected chi connectivity index (χ0v) is 9.55. The SMILES string of the molecule is O=C1CCC(N2C(=O)c3ccncc3C2=O)CN1. The van der Waals surface area contributed by atoms with Gasteiger partial charge in [0.1, 0.15) is 0 Å². The third-order valence-corrected chi connectivity index (χ3v) is 3.32. The average molecular weight is 245 g/mol. The number of carbonyl (C=O) groups is 3. The molecule has 3 heterocycles. The van der Waals surface area contributed by atoms with Crippen molar-refractivity contribution in [3.63, 3.8) is 0 Å². The van der Waals surface area contributed by atoms with Gasteiger partial charge in [-0.1, -0.05) is 0 Å². The molecule has 0 radical (unpaired) electrons. The maximum Gasteiger partial charge on any atom is 0.263 e. The lowest BCUT2D eigenvalue weighted by atomic mass is 10.1. The standard InChI is InChI=1S/C12H11N3O3/c16-10-2-1-7(5-14-10)15-11(17)8-3-4-13-6-9(8)12(15)18/h3-4,6-7H,1-2,5H2,(H,14,16). The van der Waals surface area contributed by atoms with E-state index < -0.39 is 0 Å². The molecule has 1 N–H and O–H groups in total. The fourth-order valence-electron chi connectivity index (χ4n) is 2.37. The molecular weight excluding hydrogens is 234 g/mol. The Kier molecular flexibility index (Phi) is 2.36. The third-order valence-electron chi connectivity index (χ3n) is 3.32. The van der Waals surface area contributed by atoms with Crippen molar-refractivity contribution < 1.29 is 14.4 Å². The molecule has 2 aliphatic heterocycles. The lowest BCUT2D eigenvalue weighted by molar-refractivity contribution is -0.123. The van der Waals surface area contributed by atoms with E-state index in [0.717, 1.165) is 0 Å². The normalized spacial score (nSPS) is 23.0. The summed E-state index contributed by atoms with van der Waals surface area (Å²) in [5.41, 5.74) is 0.742. The van der Waals surface area contributed by atoms with Crippen LogP contribution in [-0.4, -0.2) is 40.2 Å². The number of nitrogens with zero attached hydrogens (tertiary/aromatic N) is 2. The fourth-order valence-corrected chi connectivity index (χ4v) is 2.37. The lowest BCUT2D eigenvalue weighted by Crippen LogP contribution is -2.50. The molecule has 0 saturated carbocycles. The van der Waals surface area contributed by atoms with Crippen LogP contribution in [0.1, 0.15) is 33.6 Å². The Morgan fingerprint density at radius 2 is 2.00 bits per heavy atom. The Morgan fingerprint density at radius 3 is 2.67 bits per heavy atom. The first kappa shape index (κ1) is 10.9. The number of nitrogens with one attached hydrogen (secondary N) is 1. The number of piperidine rings is 1. The molecule has 1 fully saturated rings. The number of hydrogen-bond donors (Lipinski definition) is 1. The van der Waals surface area contributed by atoms with Gasteiger partial charge in [0.15, 0.2) is 0 Å². The van der Waals surface area contributed by atoms with Crippen molar-refractivity contribution in [1.29, 1.82) is 0 Å². The van der Waals surface area contributed by atoms with Crippen molar-refractivity contribution in [2.45, 2.75) is 18.9 Å². The lowest BCUT2D eigenvalue weighted by Gasteiger charge is -2.29. The summed E-state index contributed by atoms with van der Waals surface area (Å²) in [5, 5.41) is 2.68. The van der Waals surface area contributed by atoms with Crippen LogP contribution in [-0.2, 0) is 4.79 Å². The number of aromatic nitrogens is 1. The summed E-state index contributed by atoms with van der Waals surface area (Å²) in [6, 6.07) is 1.30. The van der Waals surface area contributed by atoms with Gasteiger partial charge in [-0.15, -0.1) is 0 Å². The highest BCUT2D eigenvalue weighted by atomic mass is 16.2. The Bertz CT molecular complexity index is 510. The zero-order valence-electron chi connectivity index (χ0n) is 9.55. The van der Waals surface area contributed by atoms with Crippen molar-refractivity contribution in [3.05, 3.63) is 29.6 Å². The molecule has 1 aromatic heterocycles. The minimum atomic E-state index is -0.316. The first-order valence-electron chi connectivity index (χ1n) is 5.77. The predicted molar refractivity (Wildman–Crippen MR) is 60.8 cm³/mol. The molecule has 0 aromatic carbocycles. The Labute approximate surface area is 103 Å². The fraction of sp³-hybridized carbons (Fsp3) is 0.333. The van der Waals surface area contributed by atoms with Gasteiger partial charge >= 0.3 is 0 Å². The summed E-state index contributed by atoms with van der Waals surface area (Å²) in [6.45, 7) is 0.331. The highest BCUT2D eigenvalue weighted by Crippen LogP contribution is 2.25. The summed E-state index contributed by atoms with van der Waals surface area (Å²) in [5.74, 6) is -0.646. The molecule has 3 amide bonds. The number of imide groups is 1. The number of rotatable bonds is 1. The Hall–Kier alpha value is -2.24. The summed E-state index contributed by atoms with van der Waals surface area (Å²) >= 11 is 0. The van der Waals surface area contributed by atoms with Gasteiger partial charge in [-0.05, 0) is 12.5 Å². The number of hydrogen-bond acceptors (Lipinski definition) is 4. The van der Waals surface area contributed by atoms with Crippen LogP contribution in [0.3, 0.4) is 0 Å². The minimum Gasteiger partial charge on any atom is -0.354 e. The topological polar surface area (TPSA) is 79.4 Å². The van der Waals surface area contributed by atoms with Crippen molar-refractivity contribution in [2.24, 2.45) is 0 Å². The number of pyridine rings is 1. The molecule has 0 aliphatic carbocycles. The molecule has 3 rings (SSSR count). The zero-order chi connectivity index (χ0) is 12.7. The van der Waals surface area contributed by atoms with Gasteiger partial charge in [0.05, 0.1) is 17.2 Å². The Morgan fingerprint density at radius 1 is 1.22 bits per heavy atom. The van der Waals surface area contributed by atoms with E-state index in [2.05, 4.69) is 10.3 Å². The second-order valence-electron chi connectivity index (χ2n) is 4.40. The molecule has 6 heteroatoms. The van der Waals surface area contributed by atoms with Crippen LogP contribution < -0.4 is 5.32 Å². The monoisotopic (exact) mass is 245 g/mol.